The van der Waals surface area contributed by atoms with Gasteiger partial charge in [-0.3, -0.25) is 9.59 Å². The zero-order valence-corrected chi connectivity index (χ0v) is 30.1. The Balaban J connectivity index is 1.53. The summed E-state index contributed by atoms with van der Waals surface area (Å²) in [5, 5.41) is 6.99. The maximum atomic E-state index is 16.0. The third-order valence-electron chi connectivity index (χ3n) is 8.32. The minimum absolute atomic E-state index is 0.0444. The molecule has 4 aromatic carbocycles. The van der Waals surface area contributed by atoms with Crippen molar-refractivity contribution < 1.29 is 49.4 Å². The maximum absolute atomic E-state index is 16.0. The number of hydrogen-bond acceptors (Lipinski definition) is 7. The molecule has 5 rings (SSSR count). The molecule has 1 aromatic heterocycles. The number of carbonyl (C=O) groups excluding carboxylic acids is 2. The third kappa shape index (κ3) is 8.77. The van der Waals surface area contributed by atoms with E-state index >= 15 is 4.39 Å². The fraction of sp³-hybridized carbons (Fsp3) is 0.237. The second-order valence-electron chi connectivity index (χ2n) is 12.1. The Morgan fingerprint density at radius 1 is 0.907 bits per heavy atom. The fourth-order valence-corrected chi connectivity index (χ4v) is 6.99. The number of benzene rings is 4. The second-order valence-corrected chi connectivity index (χ2v) is 13.7. The number of anilines is 1. The molecule has 284 valence electrons. The summed E-state index contributed by atoms with van der Waals surface area (Å²) in [5.41, 5.74) is -0.981. The minimum Gasteiger partial charge on any atom is -0.481 e. The Kier molecular flexibility index (Phi) is 12.2. The van der Waals surface area contributed by atoms with E-state index in [1.807, 2.05) is 11.6 Å². The molecule has 0 unspecified atom stereocenters. The molecule has 0 aliphatic carbocycles. The van der Waals surface area contributed by atoms with Crippen LogP contribution >= 0.6 is 0 Å². The molecule has 5 aromatic rings. The number of amides is 2. The molecule has 0 saturated heterocycles. The number of rotatable bonds is 14. The van der Waals surface area contributed by atoms with Crippen LogP contribution in [0.3, 0.4) is 0 Å². The molecule has 0 saturated carbocycles. The van der Waals surface area contributed by atoms with Crippen LogP contribution in [0.25, 0.3) is 16.8 Å². The number of nitrogens with zero attached hydrogens (tertiary/aromatic N) is 2. The van der Waals surface area contributed by atoms with Crippen LogP contribution in [0.4, 0.5) is 27.6 Å². The molecule has 0 spiro atoms. The molecule has 0 aliphatic heterocycles. The molecular formula is C38H35F5N4O6S. The molecule has 0 aliphatic rings. The highest BCUT2D eigenvalue weighted by Crippen LogP contribution is 2.39. The average molecular weight is 771 g/mol. The molecule has 2 amide bonds. The Labute approximate surface area is 308 Å². The smallest absolute Gasteiger partial charge is 0.418 e. The average Bonchev–Trinajstić information content (AvgIpc) is 3.47. The van der Waals surface area contributed by atoms with E-state index in [1.54, 1.807) is 0 Å². The number of unbranched alkanes of at least 4 members (excludes halogenated alkanes) is 1. The molecule has 0 bridgehead atoms. The summed E-state index contributed by atoms with van der Waals surface area (Å²) in [6, 6.07) is 17.4. The van der Waals surface area contributed by atoms with Gasteiger partial charge in [-0.25, -0.2) is 21.9 Å². The van der Waals surface area contributed by atoms with E-state index in [0.29, 0.717) is 24.1 Å². The second kappa shape index (κ2) is 16.6. The van der Waals surface area contributed by atoms with E-state index in [4.69, 9.17) is 9.47 Å². The lowest BCUT2D eigenvalue weighted by atomic mass is 9.98. The molecule has 1 heterocycles. The molecule has 0 atom stereocenters. The fourth-order valence-electron chi connectivity index (χ4n) is 5.79. The van der Waals surface area contributed by atoms with Crippen molar-refractivity contribution in [2.75, 3.05) is 26.1 Å². The quantitative estimate of drug-likeness (QED) is 0.112. The van der Waals surface area contributed by atoms with Crippen LogP contribution in [-0.2, 0) is 38.6 Å². The summed E-state index contributed by atoms with van der Waals surface area (Å²) < 4.78 is 113. The number of halogens is 5. The number of nitrogens with one attached hydrogen (secondary N) is 2. The van der Waals surface area contributed by atoms with Crippen LogP contribution in [0.15, 0.2) is 89.8 Å². The SMILES string of the molecule is CCCCc1nn(-c2cc(NC(=O)COC)ccc2C(F)(F)F)c(OC)c1Cc1ccc(-c2ccccc2S(=O)(=O)NC(=O)c2ccccc2F)cc1F. The molecule has 0 radical (unpaired) electrons. The van der Waals surface area contributed by atoms with Gasteiger partial charge in [-0.1, -0.05) is 55.8 Å². The third-order valence-corrected chi connectivity index (χ3v) is 9.71. The highest BCUT2D eigenvalue weighted by atomic mass is 32.2. The Bertz CT molecular complexity index is 2290. The van der Waals surface area contributed by atoms with E-state index in [2.05, 4.69) is 10.4 Å². The first-order chi connectivity index (χ1) is 25.7. The predicted octanol–water partition coefficient (Wildman–Crippen LogP) is 7.48. The number of carbonyl (C=O) groups is 2. The predicted molar refractivity (Wildman–Crippen MR) is 190 cm³/mol. The minimum atomic E-state index is -4.82. The van der Waals surface area contributed by atoms with Crippen molar-refractivity contribution in [1.82, 2.24) is 14.5 Å². The number of alkyl halides is 3. The first kappa shape index (κ1) is 39.6. The molecular weight excluding hydrogens is 735 g/mol. The standard InChI is InChI=1S/C38H35F5N4O6S/c1-4-5-13-32-28(37(53-3)47(45-32)33-21-25(44-35(48)22-52-2)17-18-29(33)38(41,42)43)19-24-16-15-23(20-31(24)40)26-10-7-9-14-34(26)54(50,51)46-36(49)27-11-6-8-12-30(27)39/h6-12,14-18,20-21H,4-5,13,19,22H2,1-3H3,(H,44,48)(H,46,49). The normalized spacial score (nSPS) is 11.7. The van der Waals surface area contributed by atoms with Gasteiger partial charge in [-0.15, -0.1) is 0 Å². The zero-order valence-electron chi connectivity index (χ0n) is 29.3. The topological polar surface area (TPSA) is 129 Å². The van der Waals surface area contributed by atoms with Crippen molar-refractivity contribution in [2.45, 2.75) is 43.7 Å². The van der Waals surface area contributed by atoms with Crippen molar-refractivity contribution in [3.63, 3.8) is 0 Å². The van der Waals surface area contributed by atoms with Crippen LogP contribution in [0, 0.1) is 11.6 Å². The maximum Gasteiger partial charge on any atom is 0.418 e. The van der Waals surface area contributed by atoms with Gasteiger partial charge in [0.1, 0.15) is 18.2 Å². The number of methoxy groups -OCH3 is 2. The van der Waals surface area contributed by atoms with E-state index in [0.717, 1.165) is 47.5 Å². The van der Waals surface area contributed by atoms with Crippen molar-refractivity contribution in [3.05, 3.63) is 125 Å². The van der Waals surface area contributed by atoms with Gasteiger partial charge in [0.25, 0.3) is 15.9 Å². The van der Waals surface area contributed by atoms with Crippen molar-refractivity contribution >= 4 is 27.5 Å². The number of sulfonamides is 1. The molecule has 0 fully saturated rings. The van der Waals surface area contributed by atoms with Crippen LogP contribution < -0.4 is 14.8 Å². The Hall–Kier alpha value is -5.61. The van der Waals surface area contributed by atoms with E-state index in [-0.39, 0.29) is 46.2 Å². The van der Waals surface area contributed by atoms with Gasteiger partial charge in [0.2, 0.25) is 11.8 Å². The van der Waals surface area contributed by atoms with Gasteiger partial charge in [-0.2, -0.15) is 23.0 Å². The van der Waals surface area contributed by atoms with Crippen molar-refractivity contribution in [1.29, 1.82) is 0 Å². The summed E-state index contributed by atoms with van der Waals surface area (Å²) in [5.74, 6) is -3.56. The molecule has 2 N–H and O–H groups in total. The van der Waals surface area contributed by atoms with Crippen LogP contribution in [0.1, 0.15) is 52.5 Å². The zero-order chi connectivity index (χ0) is 39.2. The van der Waals surface area contributed by atoms with Gasteiger partial charge in [0, 0.05) is 30.3 Å². The largest absolute Gasteiger partial charge is 0.481 e. The van der Waals surface area contributed by atoms with Gasteiger partial charge in [-0.05, 0) is 66.4 Å². The highest BCUT2D eigenvalue weighted by Gasteiger charge is 2.36. The van der Waals surface area contributed by atoms with Crippen molar-refractivity contribution in [2.24, 2.45) is 0 Å². The van der Waals surface area contributed by atoms with Gasteiger partial charge in [0.15, 0.2) is 0 Å². The summed E-state index contributed by atoms with van der Waals surface area (Å²) in [6.45, 7) is 1.59. The lowest BCUT2D eigenvalue weighted by Crippen LogP contribution is -2.31. The van der Waals surface area contributed by atoms with Crippen LogP contribution in [0.5, 0.6) is 5.88 Å². The summed E-state index contributed by atoms with van der Waals surface area (Å²) in [7, 11) is -2.03. The van der Waals surface area contributed by atoms with E-state index in [1.165, 1.54) is 62.8 Å². The summed E-state index contributed by atoms with van der Waals surface area (Å²) >= 11 is 0. The molecule has 16 heteroatoms. The van der Waals surface area contributed by atoms with Crippen molar-refractivity contribution in [3.8, 4) is 22.7 Å². The van der Waals surface area contributed by atoms with Gasteiger partial charge >= 0.3 is 6.18 Å². The van der Waals surface area contributed by atoms with Crippen LogP contribution in [0.2, 0.25) is 0 Å². The number of ether oxygens (including phenoxy) is 2. The summed E-state index contributed by atoms with van der Waals surface area (Å²) in [4.78, 5) is 24.5. The first-order valence-electron chi connectivity index (χ1n) is 16.5. The molecule has 54 heavy (non-hydrogen) atoms. The van der Waals surface area contributed by atoms with Gasteiger partial charge < -0.3 is 14.8 Å². The lowest BCUT2D eigenvalue weighted by molar-refractivity contribution is -0.137. The summed E-state index contributed by atoms with van der Waals surface area (Å²) in [6.07, 6.45) is -3.34. The Morgan fingerprint density at radius 3 is 2.30 bits per heavy atom. The lowest BCUT2D eigenvalue weighted by Gasteiger charge is -2.17. The first-order valence-corrected chi connectivity index (χ1v) is 18.0. The van der Waals surface area contributed by atoms with Gasteiger partial charge in [0.05, 0.1) is 34.5 Å². The van der Waals surface area contributed by atoms with E-state index in [9.17, 15) is 35.6 Å². The highest BCUT2D eigenvalue weighted by molar-refractivity contribution is 7.90. The Morgan fingerprint density at radius 2 is 1.63 bits per heavy atom. The van der Waals surface area contributed by atoms with Crippen LogP contribution in [-0.4, -0.2) is 50.8 Å². The number of aromatic nitrogens is 2. The number of aryl methyl sites for hydroxylation is 1. The number of hydrogen-bond donors (Lipinski definition) is 2. The molecule has 10 nitrogen and oxygen atoms in total. The monoisotopic (exact) mass is 770 g/mol. The van der Waals surface area contributed by atoms with E-state index < -0.39 is 56.5 Å².